The summed E-state index contributed by atoms with van der Waals surface area (Å²) in [6, 6.07) is 14.0. The molecule has 4 rings (SSSR count). The van der Waals surface area contributed by atoms with Gasteiger partial charge in [-0.3, -0.25) is 4.79 Å². The molecule has 1 fully saturated rings. The van der Waals surface area contributed by atoms with Gasteiger partial charge in [0.1, 0.15) is 0 Å². The number of carbonyl (C=O) groups excluding carboxylic acids is 1. The summed E-state index contributed by atoms with van der Waals surface area (Å²) in [5, 5.41) is 2.36. The maximum absolute atomic E-state index is 12.6. The summed E-state index contributed by atoms with van der Waals surface area (Å²) in [6.45, 7) is 4.25. The fraction of sp³-hybridized carbons (Fsp3) is 0.318. The molecular formula is C22H22Cl2N2O. The molecule has 0 radical (unpaired) electrons. The average molecular weight is 401 g/mol. The van der Waals surface area contributed by atoms with Crippen molar-refractivity contribution >= 4 is 40.0 Å². The Balaban J connectivity index is 1.95. The zero-order valence-electron chi connectivity index (χ0n) is 15.4. The van der Waals surface area contributed by atoms with Crippen LogP contribution in [0.15, 0.2) is 42.5 Å². The Morgan fingerprint density at radius 1 is 1.22 bits per heavy atom. The molecular weight excluding hydrogens is 379 g/mol. The summed E-state index contributed by atoms with van der Waals surface area (Å²) in [7, 11) is 0. The van der Waals surface area contributed by atoms with Gasteiger partial charge in [0.25, 0.3) is 0 Å². The van der Waals surface area contributed by atoms with Crippen LogP contribution >= 0.6 is 23.2 Å². The molecule has 0 bridgehead atoms. The lowest BCUT2D eigenvalue weighted by Gasteiger charge is -2.31. The Morgan fingerprint density at radius 3 is 2.74 bits per heavy atom. The number of amides is 1. The number of para-hydroxylation sites is 1. The van der Waals surface area contributed by atoms with E-state index in [0.717, 1.165) is 40.6 Å². The number of H-pyrrole nitrogens is 1. The van der Waals surface area contributed by atoms with E-state index >= 15 is 0 Å². The minimum atomic E-state index is 0.0466. The Bertz CT molecular complexity index is 1010. The molecule has 0 aliphatic carbocycles. The molecule has 1 aromatic heterocycles. The molecule has 140 valence electrons. The number of aromatic amines is 1. The Morgan fingerprint density at radius 2 is 2.00 bits per heavy atom. The molecule has 2 aromatic carbocycles. The zero-order chi connectivity index (χ0) is 19.1. The van der Waals surface area contributed by atoms with E-state index in [1.54, 1.807) is 6.07 Å². The minimum absolute atomic E-state index is 0.0466. The van der Waals surface area contributed by atoms with Gasteiger partial charge >= 0.3 is 0 Å². The zero-order valence-corrected chi connectivity index (χ0v) is 16.9. The van der Waals surface area contributed by atoms with Crippen molar-refractivity contribution in [3.63, 3.8) is 0 Å². The topological polar surface area (TPSA) is 36.1 Å². The fourth-order valence-corrected chi connectivity index (χ4v) is 4.65. The molecule has 1 aliphatic heterocycles. The van der Waals surface area contributed by atoms with Gasteiger partial charge in [-0.25, -0.2) is 0 Å². The number of likely N-dealkylation sites (tertiary alicyclic amines) is 1. The second kappa shape index (κ2) is 7.21. The van der Waals surface area contributed by atoms with E-state index < -0.39 is 0 Å². The number of rotatable bonds is 4. The number of hydrogen-bond acceptors (Lipinski definition) is 1. The summed E-state index contributed by atoms with van der Waals surface area (Å²) >= 11 is 12.6. The fourth-order valence-electron chi connectivity index (χ4n) is 4.15. The molecule has 2 heterocycles. The first-order valence-corrected chi connectivity index (χ1v) is 10.1. The van der Waals surface area contributed by atoms with Gasteiger partial charge in [-0.15, -0.1) is 0 Å². The van der Waals surface area contributed by atoms with E-state index in [0.29, 0.717) is 16.5 Å². The van der Waals surface area contributed by atoms with Crippen molar-refractivity contribution in [2.24, 2.45) is 0 Å². The van der Waals surface area contributed by atoms with Crippen LogP contribution in [-0.2, 0) is 4.79 Å². The summed E-state index contributed by atoms with van der Waals surface area (Å²) in [5.74, 6) is 0.229. The highest BCUT2D eigenvalue weighted by atomic mass is 35.5. The first-order chi connectivity index (χ1) is 13.0. The number of carbonyl (C=O) groups is 1. The summed E-state index contributed by atoms with van der Waals surface area (Å²) < 4.78 is 0. The lowest BCUT2D eigenvalue weighted by molar-refractivity contribution is -0.131. The van der Waals surface area contributed by atoms with E-state index in [2.05, 4.69) is 35.9 Å². The number of halogens is 2. The van der Waals surface area contributed by atoms with E-state index in [9.17, 15) is 4.79 Å². The second-order valence-electron chi connectivity index (χ2n) is 7.20. The predicted octanol–water partition coefficient (Wildman–Crippen LogP) is 6.60. The van der Waals surface area contributed by atoms with E-state index in [1.165, 1.54) is 0 Å². The SMILES string of the molecule is CC[C@@H](C)N1C(=O)CC[C@H]1c1c(-c2ccc(Cl)cc2Cl)[nH]c2ccccc12. The number of hydrogen-bond donors (Lipinski definition) is 1. The van der Waals surface area contributed by atoms with Crippen LogP contribution in [0.5, 0.6) is 0 Å². The van der Waals surface area contributed by atoms with Gasteiger partial charge in [-0.1, -0.05) is 48.3 Å². The Kier molecular flexibility index (Phi) is 4.92. The van der Waals surface area contributed by atoms with Crippen LogP contribution < -0.4 is 0 Å². The van der Waals surface area contributed by atoms with E-state index in [1.807, 2.05) is 24.3 Å². The quantitative estimate of drug-likeness (QED) is 0.525. The first-order valence-electron chi connectivity index (χ1n) is 9.38. The van der Waals surface area contributed by atoms with Crippen LogP contribution in [0, 0.1) is 0 Å². The molecule has 0 saturated carbocycles. The van der Waals surface area contributed by atoms with Crippen LogP contribution in [0.3, 0.4) is 0 Å². The van der Waals surface area contributed by atoms with Gasteiger partial charge in [-0.2, -0.15) is 0 Å². The molecule has 3 aromatic rings. The van der Waals surface area contributed by atoms with Crippen molar-refractivity contribution in [3.8, 4) is 11.3 Å². The van der Waals surface area contributed by atoms with E-state index in [-0.39, 0.29) is 18.0 Å². The molecule has 2 atom stereocenters. The van der Waals surface area contributed by atoms with Gasteiger partial charge in [-0.05, 0) is 44.0 Å². The third-order valence-corrected chi connectivity index (χ3v) is 6.15. The van der Waals surface area contributed by atoms with Crippen LogP contribution in [0.2, 0.25) is 10.0 Å². The van der Waals surface area contributed by atoms with Crippen molar-refractivity contribution in [1.82, 2.24) is 9.88 Å². The maximum atomic E-state index is 12.6. The number of benzene rings is 2. The monoisotopic (exact) mass is 400 g/mol. The standard InChI is InChI=1S/C22H22Cl2N2O/c1-3-13(2)26-19(10-11-20(26)27)21-16-6-4-5-7-18(16)25-22(21)15-9-8-14(23)12-17(15)24/h4-9,12-13,19,25H,3,10-11H2,1-2H3/t13-,19+/m1/s1. The summed E-state index contributed by atoms with van der Waals surface area (Å²) in [5.41, 5.74) is 4.10. The summed E-state index contributed by atoms with van der Waals surface area (Å²) in [6.07, 6.45) is 2.34. The summed E-state index contributed by atoms with van der Waals surface area (Å²) in [4.78, 5) is 18.3. The third kappa shape index (κ3) is 3.13. The average Bonchev–Trinajstić information content (AvgIpc) is 3.21. The lowest BCUT2D eigenvalue weighted by Crippen LogP contribution is -2.35. The van der Waals surface area contributed by atoms with Crippen LogP contribution in [0.4, 0.5) is 0 Å². The number of fused-ring (bicyclic) bond motifs is 1. The molecule has 3 nitrogen and oxygen atoms in total. The van der Waals surface area contributed by atoms with Crippen molar-refractivity contribution < 1.29 is 4.79 Å². The molecule has 0 unspecified atom stereocenters. The van der Waals surface area contributed by atoms with Gasteiger partial charge in [0.15, 0.2) is 0 Å². The first kappa shape index (κ1) is 18.4. The number of nitrogens with one attached hydrogen (secondary N) is 1. The van der Waals surface area contributed by atoms with Crippen LogP contribution in [-0.4, -0.2) is 21.8 Å². The van der Waals surface area contributed by atoms with Gasteiger partial charge in [0.05, 0.1) is 16.8 Å². The van der Waals surface area contributed by atoms with Crippen molar-refractivity contribution in [2.45, 2.75) is 45.2 Å². The Labute approximate surface area is 169 Å². The molecule has 1 amide bonds. The highest BCUT2D eigenvalue weighted by Gasteiger charge is 2.37. The highest BCUT2D eigenvalue weighted by molar-refractivity contribution is 6.36. The second-order valence-corrected chi connectivity index (χ2v) is 8.04. The number of aromatic nitrogens is 1. The molecule has 5 heteroatoms. The molecule has 1 aliphatic rings. The number of nitrogens with zero attached hydrogens (tertiary/aromatic N) is 1. The highest BCUT2D eigenvalue weighted by Crippen LogP contribution is 2.45. The predicted molar refractivity (Wildman–Crippen MR) is 112 cm³/mol. The van der Waals surface area contributed by atoms with Crippen molar-refractivity contribution in [3.05, 3.63) is 58.1 Å². The van der Waals surface area contributed by atoms with E-state index in [4.69, 9.17) is 23.2 Å². The van der Waals surface area contributed by atoms with Gasteiger partial charge < -0.3 is 9.88 Å². The smallest absolute Gasteiger partial charge is 0.223 e. The molecule has 1 N–H and O–H groups in total. The lowest BCUT2D eigenvalue weighted by atomic mass is 9.96. The van der Waals surface area contributed by atoms with Crippen LogP contribution in [0.25, 0.3) is 22.2 Å². The largest absolute Gasteiger partial charge is 0.354 e. The van der Waals surface area contributed by atoms with Crippen LogP contribution in [0.1, 0.15) is 44.7 Å². The Hall–Kier alpha value is -1.97. The van der Waals surface area contributed by atoms with Crippen molar-refractivity contribution in [1.29, 1.82) is 0 Å². The minimum Gasteiger partial charge on any atom is -0.354 e. The van der Waals surface area contributed by atoms with Gasteiger partial charge in [0, 0.05) is 39.5 Å². The molecule has 27 heavy (non-hydrogen) atoms. The molecule has 0 spiro atoms. The van der Waals surface area contributed by atoms with Crippen molar-refractivity contribution in [2.75, 3.05) is 0 Å². The normalized spacial score (nSPS) is 18.4. The van der Waals surface area contributed by atoms with Gasteiger partial charge in [0.2, 0.25) is 5.91 Å². The maximum Gasteiger partial charge on any atom is 0.223 e. The third-order valence-electron chi connectivity index (χ3n) is 5.60. The molecule has 1 saturated heterocycles.